The average Bonchev–Trinajstić information content (AvgIpc) is 2.49. The first-order valence-corrected chi connectivity index (χ1v) is 6.41. The number of allylic oxidation sites excluding steroid dienone is 1. The molecule has 0 aliphatic heterocycles. The normalized spacial score (nSPS) is 15.7. The summed E-state index contributed by atoms with van der Waals surface area (Å²) in [4.78, 5) is 11.0. The van der Waals surface area contributed by atoms with Crippen LogP contribution >= 0.6 is 0 Å². The smallest absolute Gasteiger partial charge is 0.460 e. The summed E-state index contributed by atoms with van der Waals surface area (Å²) in [7, 11) is 0.536. The molecule has 0 aliphatic carbocycles. The molecule has 0 radical (unpaired) electrons. The molecular weight excluding hydrogens is 423 g/mol. The number of ether oxygens (including phenoxy) is 1. The molecule has 0 aromatic carbocycles. The summed E-state index contributed by atoms with van der Waals surface area (Å²) < 4.78 is 171. The van der Waals surface area contributed by atoms with Gasteiger partial charge in [0.15, 0.2) is 0 Å². The summed E-state index contributed by atoms with van der Waals surface area (Å²) in [5.41, 5.74) is -1.45. The molecule has 0 N–H and O–H groups in total. The average molecular weight is 432 g/mol. The zero-order valence-electron chi connectivity index (χ0n) is 13.0. The molecule has 0 saturated carbocycles. The summed E-state index contributed by atoms with van der Waals surface area (Å²) in [6.07, 6.45) is -9.63. The van der Waals surface area contributed by atoms with Crippen LogP contribution in [0, 0.1) is 0 Å². The Morgan fingerprint density at radius 3 is 1.41 bits per heavy atom. The lowest BCUT2D eigenvalue weighted by atomic mass is 9.92. The SMILES string of the molecule is CCC(=CC(F)(F)C(F)(F)C(F)(F)C(F)(F)C(F)(F)C(F)(F)F)C(=O)OC. The van der Waals surface area contributed by atoms with Crippen LogP contribution < -0.4 is 0 Å². The number of halogens is 13. The van der Waals surface area contributed by atoms with E-state index in [4.69, 9.17) is 0 Å². The lowest BCUT2D eigenvalue weighted by Crippen LogP contribution is -2.69. The third kappa shape index (κ3) is 3.81. The quantitative estimate of drug-likeness (QED) is 0.313. The molecule has 0 spiro atoms. The fourth-order valence-electron chi connectivity index (χ4n) is 1.53. The Kier molecular flexibility index (Phi) is 6.59. The maximum Gasteiger partial charge on any atom is 0.460 e. The van der Waals surface area contributed by atoms with Crippen molar-refractivity contribution < 1.29 is 66.6 Å². The molecule has 0 amide bonds. The molecule has 0 aromatic rings. The van der Waals surface area contributed by atoms with Crippen molar-refractivity contribution in [1.82, 2.24) is 0 Å². The van der Waals surface area contributed by atoms with Crippen molar-refractivity contribution in [3.8, 4) is 0 Å². The van der Waals surface area contributed by atoms with Crippen molar-refractivity contribution >= 4 is 5.97 Å². The predicted octanol–water partition coefficient (Wildman–Crippen LogP) is 5.23. The highest BCUT2D eigenvalue weighted by molar-refractivity contribution is 5.88. The van der Waals surface area contributed by atoms with E-state index >= 15 is 0 Å². The number of hydrogen-bond donors (Lipinski definition) is 0. The van der Waals surface area contributed by atoms with Crippen molar-refractivity contribution in [1.29, 1.82) is 0 Å². The number of carbonyl (C=O) groups excluding carboxylic acids is 1. The van der Waals surface area contributed by atoms with Crippen LogP contribution in [0.25, 0.3) is 0 Å². The van der Waals surface area contributed by atoms with Crippen molar-refractivity contribution in [3.63, 3.8) is 0 Å². The number of esters is 1. The van der Waals surface area contributed by atoms with E-state index in [2.05, 4.69) is 4.74 Å². The first kappa shape index (κ1) is 25.3. The lowest BCUT2D eigenvalue weighted by molar-refractivity contribution is -0.436. The van der Waals surface area contributed by atoms with E-state index in [-0.39, 0.29) is 0 Å². The van der Waals surface area contributed by atoms with E-state index in [9.17, 15) is 61.9 Å². The molecule has 2 nitrogen and oxygen atoms in total. The Labute approximate surface area is 141 Å². The predicted molar refractivity (Wildman–Crippen MR) is 61.2 cm³/mol. The summed E-state index contributed by atoms with van der Waals surface area (Å²) in [6, 6.07) is 0. The van der Waals surface area contributed by atoms with Crippen LogP contribution in [0.15, 0.2) is 11.6 Å². The molecule has 0 heterocycles. The number of rotatable bonds is 7. The van der Waals surface area contributed by atoms with E-state index in [0.717, 1.165) is 6.92 Å². The van der Waals surface area contributed by atoms with Crippen LogP contribution in [0.3, 0.4) is 0 Å². The maximum atomic E-state index is 13.5. The number of alkyl halides is 13. The molecular formula is C12H9F13O2. The van der Waals surface area contributed by atoms with Crippen molar-refractivity contribution in [3.05, 3.63) is 11.6 Å². The third-order valence-electron chi connectivity index (χ3n) is 3.14. The van der Waals surface area contributed by atoms with Gasteiger partial charge >= 0.3 is 41.8 Å². The van der Waals surface area contributed by atoms with Gasteiger partial charge in [-0.25, -0.2) is 4.79 Å². The molecule has 0 fully saturated rings. The minimum Gasteiger partial charge on any atom is -0.466 e. The summed E-state index contributed by atoms with van der Waals surface area (Å²) in [6.45, 7) is 0.835. The van der Waals surface area contributed by atoms with Crippen molar-refractivity contribution in [2.75, 3.05) is 7.11 Å². The van der Waals surface area contributed by atoms with Crippen molar-refractivity contribution in [2.45, 2.75) is 49.1 Å². The van der Waals surface area contributed by atoms with E-state index < -0.39 is 59.8 Å². The fourth-order valence-corrected chi connectivity index (χ4v) is 1.53. The molecule has 0 bridgehead atoms. The van der Waals surface area contributed by atoms with Crippen LogP contribution in [0.1, 0.15) is 13.3 Å². The molecule has 0 aromatic heterocycles. The molecule has 0 saturated heterocycles. The minimum atomic E-state index is -7.98. The summed E-state index contributed by atoms with van der Waals surface area (Å²) in [5, 5.41) is 0. The van der Waals surface area contributed by atoms with Gasteiger partial charge in [0.2, 0.25) is 0 Å². The highest BCUT2D eigenvalue weighted by Gasteiger charge is 2.90. The Hall–Kier alpha value is -1.70. The van der Waals surface area contributed by atoms with Gasteiger partial charge in [0, 0.05) is 11.6 Å². The number of methoxy groups -OCH3 is 1. The first-order valence-electron chi connectivity index (χ1n) is 6.41. The van der Waals surface area contributed by atoms with Crippen molar-refractivity contribution in [2.24, 2.45) is 0 Å². The number of hydrogen-bond acceptors (Lipinski definition) is 2. The molecule has 27 heavy (non-hydrogen) atoms. The molecule has 0 atom stereocenters. The Bertz CT molecular complexity index is 589. The summed E-state index contributed by atoms with van der Waals surface area (Å²) >= 11 is 0. The van der Waals surface area contributed by atoms with Crippen LogP contribution in [-0.4, -0.2) is 48.9 Å². The zero-order chi connectivity index (χ0) is 22.3. The highest BCUT2D eigenvalue weighted by Crippen LogP contribution is 2.60. The van der Waals surface area contributed by atoms with Crippen LogP contribution in [0.5, 0.6) is 0 Å². The van der Waals surface area contributed by atoms with E-state index in [1.54, 1.807) is 0 Å². The highest BCUT2D eigenvalue weighted by atomic mass is 19.4. The maximum absolute atomic E-state index is 13.5. The van der Waals surface area contributed by atoms with Crippen LogP contribution in [0.2, 0.25) is 0 Å². The fraction of sp³-hybridized carbons (Fsp3) is 0.750. The van der Waals surface area contributed by atoms with Gasteiger partial charge in [0.25, 0.3) is 0 Å². The van der Waals surface area contributed by atoms with Gasteiger partial charge in [-0.1, -0.05) is 6.92 Å². The van der Waals surface area contributed by atoms with Gasteiger partial charge in [0.1, 0.15) is 0 Å². The van der Waals surface area contributed by atoms with Gasteiger partial charge in [-0.05, 0) is 6.42 Å². The molecule has 0 aliphatic rings. The molecule has 160 valence electrons. The van der Waals surface area contributed by atoms with Gasteiger partial charge < -0.3 is 4.74 Å². The van der Waals surface area contributed by atoms with Crippen LogP contribution in [-0.2, 0) is 9.53 Å². The van der Waals surface area contributed by atoms with Gasteiger partial charge in [-0.15, -0.1) is 0 Å². The first-order chi connectivity index (χ1) is 11.7. The Morgan fingerprint density at radius 2 is 1.11 bits per heavy atom. The van der Waals surface area contributed by atoms with E-state index in [0.29, 0.717) is 7.11 Å². The second-order valence-electron chi connectivity index (χ2n) is 4.93. The van der Waals surface area contributed by atoms with Gasteiger partial charge in [-0.2, -0.15) is 57.1 Å². The Morgan fingerprint density at radius 1 is 0.741 bits per heavy atom. The standard InChI is InChI=1S/C12H9F13O2/c1-3-5(6(26)27-2)4-7(13,14)8(15,16)9(17,18)10(19,20)11(21,22)12(23,24)25/h4H,3H2,1-2H3. The molecule has 0 rings (SSSR count). The third-order valence-corrected chi connectivity index (χ3v) is 3.14. The van der Waals surface area contributed by atoms with E-state index in [1.807, 2.05) is 0 Å². The number of carbonyl (C=O) groups is 1. The monoisotopic (exact) mass is 432 g/mol. The zero-order valence-corrected chi connectivity index (χ0v) is 13.0. The topological polar surface area (TPSA) is 26.3 Å². The molecule has 0 unspecified atom stereocenters. The van der Waals surface area contributed by atoms with Crippen LogP contribution in [0.4, 0.5) is 57.1 Å². The lowest BCUT2D eigenvalue weighted by Gasteiger charge is -2.39. The second kappa shape index (κ2) is 7.04. The molecule has 15 heteroatoms. The largest absolute Gasteiger partial charge is 0.466 e. The summed E-state index contributed by atoms with van der Waals surface area (Å²) in [5.74, 6) is -39.4. The van der Waals surface area contributed by atoms with Gasteiger partial charge in [0.05, 0.1) is 7.11 Å². The second-order valence-corrected chi connectivity index (χ2v) is 4.93. The minimum absolute atomic E-state index is 0.536. The van der Waals surface area contributed by atoms with E-state index in [1.165, 1.54) is 0 Å². The van der Waals surface area contributed by atoms with Gasteiger partial charge in [-0.3, -0.25) is 0 Å². The Balaban J connectivity index is 6.47.